The van der Waals surface area contributed by atoms with Crippen LogP contribution in [-0.2, 0) is 6.42 Å². The van der Waals surface area contributed by atoms with Crippen LogP contribution in [0.4, 0.5) is 0 Å². The van der Waals surface area contributed by atoms with Crippen LogP contribution in [0.5, 0.6) is 0 Å². The first kappa shape index (κ1) is 12.6. The second-order valence-electron chi connectivity index (χ2n) is 5.10. The maximum atomic E-state index is 9.99. The van der Waals surface area contributed by atoms with Gasteiger partial charge in [-0.05, 0) is 37.2 Å². The molecular formula is C15H23NO. The van der Waals surface area contributed by atoms with E-state index in [1.165, 1.54) is 24.8 Å². The summed E-state index contributed by atoms with van der Waals surface area (Å²) >= 11 is 0. The van der Waals surface area contributed by atoms with Gasteiger partial charge < -0.3 is 10.4 Å². The highest BCUT2D eigenvalue weighted by Crippen LogP contribution is 2.33. The number of hydrogen-bond acceptors (Lipinski definition) is 2. The molecule has 0 spiro atoms. The van der Waals surface area contributed by atoms with Crippen LogP contribution >= 0.6 is 0 Å². The van der Waals surface area contributed by atoms with Crippen LogP contribution in [0.15, 0.2) is 30.3 Å². The Morgan fingerprint density at radius 3 is 2.59 bits per heavy atom. The molecule has 2 heteroatoms. The van der Waals surface area contributed by atoms with Gasteiger partial charge in [0.1, 0.15) is 0 Å². The van der Waals surface area contributed by atoms with E-state index in [9.17, 15) is 5.11 Å². The van der Waals surface area contributed by atoms with Crippen molar-refractivity contribution in [3.8, 4) is 0 Å². The molecular weight excluding hydrogens is 210 g/mol. The Morgan fingerprint density at radius 2 is 2.00 bits per heavy atom. The highest BCUT2D eigenvalue weighted by molar-refractivity contribution is 5.15. The molecule has 0 aliphatic heterocycles. The molecule has 2 nitrogen and oxygen atoms in total. The molecule has 1 aliphatic carbocycles. The molecule has 2 unspecified atom stereocenters. The molecule has 2 atom stereocenters. The Kier molecular flexibility index (Phi) is 4.57. The van der Waals surface area contributed by atoms with Crippen LogP contribution in [-0.4, -0.2) is 23.8 Å². The van der Waals surface area contributed by atoms with Crippen LogP contribution in [0, 0.1) is 5.92 Å². The van der Waals surface area contributed by atoms with Gasteiger partial charge in [0.15, 0.2) is 0 Å². The normalized spacial score (nSPS) is 18.9. The maximum absolute atomic E-state index is 9.99. The lowest BCUT2D eigenvalue weighted by molar-refractivity contribution is 0.165. The van der Waals surface area contributed by atoms with Crippen molar-refractivity contribution < 1.29 is 5.11 Å². The van der Waals surface area contributed by atoms with Crippen LogP contribution in [0.1, 0.15) is 31.7 Å². The fourth-order valence-electron chi connectivity index (χ4n) is 2.39. The molecule has 1 aromatic carbocycles. The van der Waals surface area contributed by atoms with Gasteiger partial charge in [-0.15, -0.1) is 0 Å². The van der Waals surface area contributed by atoms with Crippen molar-refractivity contribution in [2.75, 3.05) is 6.54 Å². The molecule has 1 saturated carbocycles. The van der Waals surface area contributed by atoms with Gasteiger partial charge in [-0.25, -0.2) is 0 Å². The molecule has 17 heavy (non-hydrogen) atoms. The summed E-state index contributed by atoms with van der Waals surface area (Å²) in [4.78, 5) is 0. The minimum atomic E-state index is -0.273. The van der Waals surface area contributed by atoms with Gasteiger partial charge >= 0.3 is 0 Å². The zero-order valence-electron chi connectivity index (χ0n) is 10.6. The number of nitrogens with one attached hydrogen (secondary N) is 1. The molecule has 0 amide bonds. The minimum absolute atomic E-state index is 0.273. The largest absolute Gasteiger partial charge is 0.391 e. The SMILES string of the molecule is CCC(NCC(O)Cc1ccccc1)C1CC1. The average Bonchev–Trinajstić information content (AvgIpc) is 3.16. The number of aliphatic hydroxyl groups is 1. The summed E-state index contributed by atoms with van der Waals surface area (Å²) in [6.45, 7) is 2.93. The average molecular weight is 233 g/mol. The first-order valence-corrected chi connectivity index (χ1v) is 6.75. The monoisotopic (exact) mass is 233 g/mol. The lowest BCUT2D eigenvalue weighted by Crippen LogP contribution is -2.37. The van der Waals surface area contributed by atoms with E-state index >= 15 is 0 Å². The molecule has 0 heterocycles. The van der Waals surface area contributed by atoms with Crippen molar-refractivity contribution >= 4 is 0 Å². The predicted octanol–water partition coefficient (Wildman–Crippen LogP) is 2.37. The molecule has 0 radical (unpaired) electrons. The molecule has 0 aromatic heterocycles. The first-order valence-electron chi connectivity index (χ1n) is 6.75. The van der Waals surface area contributed by atoms with E-state index in [0.29, 0.717) is 12.6 Å². The highest BCUT2D eigenvalue weighted by atomic mass is 16.3. The molecule has 1 fully saturated rings. The topological polar surface area (TPSA) is 32.3 Å². The Hall–Kier alpha value is -0.860. The van der Waals surface area contributed by atoms with Crippen molar-refractivity contribution in [2.24, 2.45) is 5.92 Å². The van der Waals surface area contributed by atoms with E-state index in [1.54, 1.807) is 0 Å². The van der Waals surface area contributed by atoms with Gasteiger partial charge in [0.2, 0.25) is 0 Å². The van der Waals surface area contributed by atoms with Gasteiger partial charge in [0.05, 0.1) is 6.10 Å². The lowest BCUT2D eigenvalue weighted by atomic mass is 10.1. The second kappa shape index (κ2) is 6.18. The number of rotatable bonds is 7. The van der Waals surface area contributed by atoms with Crippen LogP contribution in [0.25, 0.3) is 0 Å². The fourth-order valence-corrected chi connectivity index (χ4v) is 2.39. The number of hydrogen-bond donors (Lipinski definition) is 2. The van der Waals surface area contributed by atoms with Crippen LogP contribution in [0.2, 0.25) is 0 Å². The maximum Gasteiger partial charge on any atom is 0.0704 e. The van der Waals surface area contributed by atoms with E-state index in [4.69, 9.17) is 0 Å². The summed E-state index contributed by atoms with van der Waals surface area (Å²) in [7, 11) is 0. The number of aliphatic hydroxyl groups excluding tert-OH is 1. The molecule has 2 rings (SSSR count). The van der Waals surface area contributed by atoms with E-state index < -0.39 is 0 Å². The van der Waals surface area contributed by atoms with E-state index in [0.717, 1.165) is 12.3 Å². The fraction of sp³-hybridized carbons (Fsp3) is 0.600. The van der Waals surface area contributed by atoms with Crippen LogP contribution in [0.3, 0.4) is 0 Å². The Labute approximate surface area is 104 Å². The van der Waals surface area contributed by atoms with Crippen molar-refractivity contribution in [1.29, 1.82) is 0 Å². The summed E-state index contributed by atoms with van der Waals surface area (Å²) in [6.07, 6.45) is 4.36. The Bertz CT molecular complexity index is 321. The molecule has 1 aromatic rings. The standard InChI is InChI=1S/C15H23NO/c1-2-15(13-8-9-13)16-11-14(17)10-12-6-4-3-5-7-12/h3-7,13-17H,2,8-11H2,1H3. The summed E-state index contributed by atoms with van der Waals surface area (Å²) in [5.41, 5.74) is 1.21. The molecule has 1 aliphatic rings. The third-order valence-corrected chi connectivity index (χ3v) is 3.56. The van der Waals surface area contributed by atoms with E-state index in [-0.39, 0.29) is 6.10 Å². The third kappa shape index (κ3) is 4.14. The highest BCUT2D eigenvalue weighted by Gasteiger charge is 2.29. The lowest BCUT2D eigenvalue weighted by Gasteiger charge is -2.19. The van der Waals surface area contributed by atoms with Gasteiger partial charge in [0, 0.05) is 12.6 Å². The van der Waals surface area contributed by atoms with Crippen molar-refractivity contribution in [1.82, 2.24) is 5.32 Å². The third-order valence-electron chi connectivity index (χ3n) is 3.56. The summed E-state index contributed by atoms with van der Waals surface area (Å²) in [5, 5.41) is 13.5. The Balaban J connectivity index is 1.71. The van der Waals surface area contributed by atoms with E-state index in [1.807, 2.05) is 18.2 Å². The van der Waals surface area contributed by atoms with Crippen molar-refractivity contribution in [3.63, 3.8) is 0 Å². The summed E-state index contributed by atoms with van der Waals surface area (Å²) in [6, 6.07) is 10.8. The van der Waals surface area contributed by atoms with Crippen molar-refractivity contribution in [3.05, 3.63) is 35.9 Å². The predicted molar refractivity (Wildman–Crippen MR) is 71.0 cm³/mol. The molecule has 94 valence electrons. The zero-order chi connectivity index (χ0) is 12.1. The molecule has 0 bridgehead atoms. The van der Waals surface area contributed by atoms with Crippen LogP contribution < -0.4 is 5.32 Å². The quantitative estimate of drug-likeness (QED) is 0.758. The van der Waals surface area contributed by atoms with Gasteiger partial charge in [-0.1, -0.05) is 37.3 Å². The molecule has 2 N–H and O–H groups in total. The summed E-state index contributed by atoms with van der Waals surface area (Å²) < 4.78 is 0. The number of benzene rings is 1. The van der Waals surface area contributed by atoms with Gasteiger partial charge in [0.25, 0.3) is 0 Å². The summed E-state index contributed by atoms with van der Waals surface area (Å²) in [5.74, 6) is 0.865. The van der Waals surface area contributed by atoms with Gasteiger partial charge in [-0.2, -0.15) is 0 Å². The second-order valence-corrected chi connectivity index (χ2v) is 5.10. The zero-order valence-corrected chi connectivity index (χ0v) is 10.6. The van der Waals surface area contributed by atoms with Gasteiger partial charge in [-0.3, -0.25) is 0 Å². The Morgan fingerprint density at radius 1 is 1.29 bits per heavy atom. The van der Waals surface area contributed by atoms with E-state index in [2.05, 4.69) is 24.4 Å². The van der Waals surface area contributed by atoms with Crippen molar-refractivity contribution in [2.45, 2.75) is 44.8 Å². The minimum Gasteiger partial charge on any atom is -0.391 e. The first-order chi connectivity index (χ1) is 8.29. The molecule has 0 saturated heterocycles. The smallest absolute Gasteiger partial charge is 0.0704 e.